The molecule has 2 amide bonds. The number of halogens is 1. The molecule has 0 unspecified atom stereocenters. The highest BCUT2D eigenvalue weighted by molar-refractivity contribution is 9.10. The summed E-state index contributed by atoms with van der Waals surface area (Å²) in [6.45, 7) is 4.33. The Labute approximate surface area is 110 Å². The average Bonchev–Trinajstić information content (AvgIpc) is 2.25. The van der Waals surface area contributed by atoms with Crippen molar-refractivity contribution in [1.82, 2.24) is 10.6 Å². The lowest BCUT2D eigenvalue weighted by Crippen LogP contribution is -2.39. The second-order valence-electron chi connectivity index (χ2n) is 3.95. The molecule has 4 nitrogen and oxygen atoms in total. The zero-order valence-corrected chi connectivity index (χ0v) is 11.8. The monoisotopic (exact) mass is 300 g/mol. The van der Waals surface area contributed by atoms with Crippen molar-refractivity contribution in [2.24, 2.45) is 0 Å². The molecule has 0 spiro atoms. The van der Waals surface area contributed by atoms with Crippen LogP contribution in [0.1, 0.15) is 19.4 Å². The van der Waals surface area contributed by atoms with E-state index in [9.17, 15) is 4.79 Å². The first-order valence-corrected chi connectivity index (χ1v) is 6.19. The number of urea groups is 1. The van der Waals surface area contributed by atoms with Gasteiger partial charge in [0, 0.05) is 12.6 Å². The lowest BCUT2D eigenvalue weighted by atomic mass is 10.2. The van der Waals surface area contributed by atoms with Gasteiger partial charge in [-0.15, -0.1) is 0 Å². The first-order valence-electron chi connectivity index (χ1n) is 5.39. The summed E-state index contributed by atoms with van der Waals surface area (Å²) in [5.74, 6) is 0.778. The van der Waals surface area contributed by atoms with Crippen molar-refractivity contribution >= 4 is 22.0 Å². The molecule has 0 bridgehead atoms. The van der Waals surface area contributed by atoms with E-state index in [1.165, 1.54) is 0 Å². The maximum atomic E-state index is 11.4. The fraction of sp³-hybridized carbons (Fsp3) is 0.417. The van der Waals surface area contributed by atoms with Gasteiger partial charge < -0.3 is 15.4 Å². The molecule has 2 N–H and O–H groups in total. The van der Waals surface area contributed by atoms with E-state index in [0.29, 0.717) is 6.54 Å². The number of hydrogen-bond donors (Lipinski definition) is 2. The standard InChI is InChI=1S/C12H17BrN2O2/c1-8(2)15-12(16)14-7-9-4-5-11(17-3)10(13)6-9/h4-6,8H,7H2,1-3H3,(H2,14,15,16). The predicted octanol–water partition coefficient (Wildman–Crippen LogP) is 2.67. The first kappa shape index (κ1) is 13.8. The van der Waals surface area contributed by atoms with Crippen molar-refractivity contribution in [1.29, 1.82) is 0 Å². The second kappa shape index (κ2) is 6.49. The van der Waals surface area contributed by atoms with E-state index in [1.807, 2.05) is 32.0 Å². The highest BCUT2D eigenvalue weighted by Gasteiger charge is 2.04. The van der Waals surface area contributed by atoms with Gasteiger partial charge >= 0.3 is 6.03 Å². The maximum absolute atomic E-state index is 11.4. The van der Waals surface area contributed by atoms with Crippen LogP contribution in [0.5, 0.6) is 5.75 Å². The van der Waals surface area contributed by atoms with Crippen LogP contribution in [0.15, 0.2) is 22.7 Å². The molecule has 0 saturated carbocycles. The van der Waals surface area contributed by atoms with Crippen LogP contribution >= 0.6 is 15.9 Å². The summed E-state index contributed by atoms with van der Waals surface area (Å²) in [4.78, 5) is 11.4. The largest absolute Gasteiger partial charge is 0.496 e. The Morgan fingerprint density at radius 1 is 1.47 bits per heavy atom. The summed E-state index contributed by atoms with van der Waals surface area (Å²) in [7, 11) is 1.62. The lowest BCUT2D eigenvalue weighted by molar-refractivity contribution is 0.238. The summed E-state index contributed by atoms with van der Waals surface area (Å²) in [6.07, 6.45) is 0. The smallest absolute Gasteiger partial charge is 0.315 e. The Kier molecular flexibility index (Phi) is 5.28. The Morgan fingerprint density at radius 2 is 2.18 bits per heavy atom. The van der Waals surface area contributed by atoms with Crippen LogP contribution < -0.4 is 15.4 Å². The maximum Gasteiger partial charge on any atom is 0.315 e. The zero-order chi connectivity index (χ0) is 12.8. The van der Waals surface area contributed by atoms with E-state index in [0.717, 1.165) is 15.8 Å². The topological polar surface area (TPSA) is 50.4 Å². The van der Waals surface area contributed by atoms with Gasteiger partial charge in [0.1, 0.15) is 5.75 Å². The van der Waals surface area contributed by atoms with Crippen molar-refractivity contribution in [3.63, 3.8) is 0 Å². The van der Waals surface area contributed by atoms with E-state index in [-0.39, 0.29) is 12.1 Å². The minimum Gasteiger partial charge on any atom is -0.496 e. The van der Waals surface area contributed by atoms with Crippen LogP contribution in [-0.4, -0.2) is 19.2 Å². The van der Waals surface area contributed by atoms with Crippen LogP contribution in [0.2, 0.25) is 0 Å². The summed E-state index contributed by atoms with van der Waals surface area (Å²) in [6, 6.07) is 5.68. The number of benzene rings is 1. The number of methoxy groups -OCH3 is 1. The average molecular weight is 301 g/mol. The summed E-state index contributed by atoms with van der Waals surface area (Å²) < 4.78 is 6.01. The van der Waals surface area contributed by atoms with E-state index in [4.69, 9.17) is 4.74 Å². The quantitative estimate of drug-likeness (QED) is 0.898. The van der Waals surface area contributed by atoms with Gasteiger partial charge in [0.2, 0.25) is 0 Å². The molecule has 0 saturated heterocycles. The molecule has 1 aromatic carbocycles. The van der Waals surface area contributed by atoms with Gasteiger partial charge in [-0.2, -0.15) is 0 Å². The molecule has 0 heterocycles. The third kappa shape index (κ3) is 4.65. The van der Waals surface area contributed by atoms with Crippen LogP contribution in [0.3, 0.4) is 0 Å². The Morgan fingerprint density at radius 3 is 2.71 bits per heavy atom. The Bertz CT molecular complexity index is 394. The molecule has 5 heteroatoms. The molecule has 1 aromatic rings. The molecule has 0 aliphatic carbocycles. The number of rotatable bonds is 4. The van der Waals surface area contributed by atoms with Gasteiger partial charge in [0.15, 0.2) is 0 Å². The minimum absolute atomic E-state index is 0.137. The van der Waals surface area contributed by atoms with E-state index < -0.39 is 0 Å². The van der Waals surface area contributed by atoms with Crippen LogP contribution in [0, 0.1) is 0 Å². The van der Waals surface area contributed by atoms with Gasteiger partial charge in [-0.05, 0) is 47.5 Å². The molecule has 17 heavy (non-hydrogen) atoms. The fourth-order valence-electron chi connectivity index (χ4n) is 1.32. The van der Waals surface area contributed by atoms with Crippen molar-refractivity contribution < 1.29 is 9.53 Å². The normalized spacial score (nSPS) is 10.2. The van der Waals surface area contributed by atoms with Crippen molar-refractivity contribution in [2.45, 2.75) is 26.4 Å². The molecule has 0 aliphatic heterocycles. The van der Waals surface area contributed by atoms with Crippen LogP contribution in [0.25, 0.3) is 0 Å². The third-order valence-electron chi connectivity index (χ3n) is 2.09. The predicted molar refractivity (Wildman–Crippen MR) is 71.2 cm³/mol. The number of ether oxygens (including phenoxy) is 1. The third-order valence-corrected chi connectivity index (χ3v) is 2.71. The van der Waals surface area contributed by atoms with Gasteiger partial charge in [-0.25, -0.2) is 4.79 Å². The molecule has 0 fully saturated rings. The fourth-order valence-corrected chi connectivity index (χ4v) is 1.90. The summed E-state index contributed by atoms with van der Waals surface area (Å²) in [5.41, 5.74) is 1.01. The summed E-state index contributed by atoms with van der Waals surface area (Å²) >= 11 is 3.40. The first-order chi connectivity index (χ1) is 8.02. The number of nitrogens with one attached hydrogen (secondary N) is 2. The Hall–Kier alpha value is -1.23. The van der Waals surface area contributed by atoms with Crippen LogP contribution in [0.4, 0.5) is 4.79 Å². The SMILES string of the molecule is COc1ccc(CNC(=O)NC(C)C)cc1Br. The second-order valence-corrected chi connectivity index (χ2v) is 4.80. The number of carbonyl (C=O) groups is 1. The van der Waals surface area contributed by atoms with Crippen LogP contribution in [-0.2, 0) is 6.54 Å². The molecule has 0 aliphatic rings. The lowest BCUT2D eigenvalue weighted by Gasteiger charge is -2.11. The molecular weight excluding hydrogens is 284 g/mol. The highest BCUT2D eigenvalue weighted by Crippen LogP contribution is 2.25. The van der Waals surface area contributed by atoms with Crippen molar-refractivity contribution in [2.75, 3.05) is 7.11 Å². The number of hydrogen-bond acceptors (Lipinski definition) is 2. The highest BCUT2D eigenvalue weighted by atomic mass is 79.9. The number of carbonyl (C=O) groups excluding carboxylic acids is 1. The molecule has 0 atom stereocenters. The molecule has 94 valence electrons. The van der Waals surface area contributed by atoms with Gasteiger partial charge in [0.05, 0.1) is 11.6 Å². The minimum atomic E-state index is -0.160. The van der Waals surface area contributed by atoms with Crippen molar-refractivity contribution in [3.05, 3.63) is 28.2 Å². The molecule has 1 rings (SSSR count). The molecule has 0 radical (unpaired) electrons. The number of amides is 2. The van der Waals surface area contributed by atoms with Gasteiger partial charge in [0.25, 0.3) is 0 Å². The summed E-state index contributed by atoms with van der Waals surface area (Å²) in [5, 5.41) is 5.55. The molecule has 0 aromatic heterocycles. The van der Waals surface area contributed by atoms with E-state index in [2.05, 4.69) is 26.6 Å². The Balaban J connectivity index is 2.52. The zero-order valence-electron chi connectivity index (χ0n) is 10.2. The van der Waals surface area contributed by atoms with E-state index >= 15 is 0 Å². The van der Waals surface area contributed by atoms with Crippen molar-refractivity contribution in [3.8, 4) is 5.75 Å². The van der Waals surface area contributed by atoms with Gasteiger partial charge in [-0.3, -0.25) is 0 Å². The van der Waals surface area contributed by atoms with Gasteiger partial charge in [-0.1, -0.05) is 6.07 Å². The molecular formula is C12H17BrN2O2. The van der Waals surface area contributed by atoms with E-state index in [1.54, 1.807) is 7.11 Å².